The summed E-state index contributed by atoms with van der Waals surface area (Å²) in [7, 11) is -1.94. The number of amides is 2. The van der Waals surface area contributed by atoms with Gasteiger partial charge in [0.1, 0.15) is 12.1 Å². The quantitative estimate of drug-likeness (QED) is 0.734. The van der Waals surface area contributed by atoms with Gasteiger partial charge in [-0.25, -0.2) is 0 Å². The molecule has 122 valence electrons. The number of piperazine rings is 1. The number of carbonyl (C=O) groups is 2. The van der Waals surface area contributed by atoms with Crippen molar-refractivity contribution in [2.45, 2.75) is 70.2 Å². The molecule has 2 fully saturated rings. The highest BCUT2D eigenvalue weighted by Gasteiger charge is 2.50. The second-order valence-corrected chi connectivity index (χ2v) is 12.8. The SMILES string of the molecule is CC(C)(C)[Si](C)(C)OC1=CN2C(=O)[C@@H]3CCCN3C(=O)[C@@H]2C1. The van der Waals surface area contributed by atoms with Crippen molar-refractivity contribution < 1.29 is 14.0 Å². The third kappa shape index (κ3) is 2.28. The Morgan fingerprint density at radius 2 is 1.86 bits per heavy atom. The molecule has 3 heterocycles. The zero-order valence-electron chi connectivity index (χ0n) is 14.2. The van der Waals surface area contributed by atoms with Crippen LogP contribution < -0.4 is 0 Å². The van der Waals surface area contributed by atoms with Crippen LogP contribution in [0.15, 0.2) is 12.0 Å². The highest BCUT2D eigenvalue weighted by molar-refractivity contribution is 6.74. The summed E-state index contributed by atoms with van der Waals surface area (Å²) in [5.41, 5.74) is 0. The molecular formula is C16H26N2O3Si. The number of carbonyl (C=O) groups excluding carboxylic acids is 2. The summed E-state index contributed by atoms with van der Waals surface area (Å²) < 4.78 is 6.31. The third-order valence-electron chi connectivity index (χ3n) is 5.57. The molecule has 3 rings (SSSR count). The van der Waals surface area contributed by atoms with Gasteiger partial charge in [0.05, 0.1) is 5.76 Å². The lowest BCUT2D eigenvalue weighted by Crippen LogP contribution is -2.59. The molecule has 0 radical (unpaired) electrons. The fourth-order valence-electron chi connectivity index (χ4n) is 3.21. The van der Waals surface area contributed by atoms with Crippen molar-refractivity contribution in [3.63, 3.8) is 0 Å². The second kappa shape index (κ2) is 4.85. The molecule has 2 atom stereocenters. The van der Waals surface area contributed by atoms with Crippen molar-refractivity contribution >= 4 is 20.1 Å². The van der Waals surface area contributed by atoms with Crippen molar-refractivity contribution in [2.75, 3.05) is 6.54 Å². The van der Waals surface area contributed by atoms with E-state index in [1.54, 1.807) is 16.0 Å². The Bertz CT molecular complexity index is 550. The molecule has 0 N–H and O–H groups in total. The molecule has 0 saturated carbocycles. The average molecular weight is 322 g/mol. The van der Waals surface area contributed by atoms with Crippen LogP contribution in [0.1, 0.15) is 40.0 Å². The van der Waals surface area contributed by atoms with Gasteiger partial charge in [-0.2, -0.15) is 0 Å². The lowest BCUT2D eigenvalue weighted by Gasteiger charge is -2.38. The Labute approximate surface area is 133 Å². The highest BCUT2D eigenvalue weighted by atomic mass is 28.4. The van der Waals surface area contributed by atoms with Gasteiger partial charge >= 0.3 is 0 Å². The topological polar surface area (TPSA) is 49.9 Å². The number of rotatable bonds is 2. The Morgan fingerprint density at radius 1 is 1.18 bits per heavy atom. The molecule has 0 aromatic carbocycles. The lowest BCUT2D eigenvalue weighted by atomic mass is 10.1. The van der Waals surface area contributed by atoms with Crippen molar-refractivity contribution in [3.8, 4) is 0 Å². The molecule has 0 spiro atoms. The Balaban J connectivity index is 1.81. The maximum Gasteiger partial charge on any atom is 0.250 e. The molecule has 0 aromatic rings. The van der Waals surface area contributed by atoms with E-state index in [0.717, 1.165) is 25.1 Å². The van der Waals surface area contributed by atoms with Crippen LogP contribution in [0.5, 0.6) is 0 Å². The Hall–Kier alpha value is -1.30. The van der Waals surface area contributed by atoms with Gasteiger partial charge in [0.15, 0.2) is 0 Å². The monoisotopic (exact) mass is 322 g/mol. The van der Waals surface area contributed by atoms with Gasteiger partial charge in [0.25, 0.3) is 0 Å². The predicted octanol–water partition coefficient (Wildman–Crippen LogP) is 2.46. The summed E-state index contributed by atoms with van der Waals surface area (Å²) >= 11 is 0. The molecular weight excluding hydrogens is 296 g/mol. The van der Waals surface area contributed by atoms with Crippen LogP contribution in [0.25, 0.3) is 0 Å². The molecule has 0 bridgehead atoms. The third-order valence-corrected chi connectivity index (χ3v) is 9.95. The van der Waals surface area contributed by atoms with E-state index in [0.29, 0.717) is 6.42 Å². The van der Waals surface area contributed by atoms with E-state index in [2.05, 4.69) is 33.9 Å². The van der Waals surface area contributed by atoms with Crippen LogP contribution in [0.2, 0.25) is 18.1 Å². The molecule has 0 aliphatic carbocycles. The van der Waals surface area contributed by atoms with Crippen molar-refractivity contribution in [1.29, 1.82) is 0 Å². The van der Waals surface area contributed by atoms with E-state index in [1.807, 2.05) is 0 Å². The Kier molecular flexibility index (Phi) is 3.43. The van der Waals surface area contributed by atoms with Gasteiger partial charge in [0, 0.05) is 19.2 Å². The summed E-state index contributed by atoms with van der Waals surface area (Å²) in [5, 5.41) is 0.102. The van der Waals surface area contributed by atoms with Crippen LogP contribution in [0, 0.1) is 0 Å². The Morgan fingerprint density at radius 3 is 2.50 bits per heavy atom. The van der Waals surface area contributed by atoms with E-state index in [9.17, 15) is 9.59 Å². The minimum absolute atomic E-state index is 0.0657. The number of nitrogens with zero attached hydrogens (tertiary/aromatic N) is 2. The first-order chi connectivity index (χ1) is 10.1. The maximum atomic E-state index is 12.6. The summed E-state index contributed by atoms with van der Waals surface area (Å²) in [6.45, 7) is 11.7. The highest BCUT2D eigenvalue weighted by Crippen LogP contribution is 2.41. The van der Waals surface area contributed by atoms with Crippen LogP contribution >= 0.6 is 0 Å². The van der Waals surface area contributed by atoms with Crippen molar-refractivity contribution in [3.05, 3.63) is 12.0 Å². The normalized spacial score (nSPS) is 28.7. The summed E-state index contributed by atoms with van der Waals surface area (Å²) in [6.07, 6.45) is 4.04. The number of hydrogen-bond acceptors (Lipinski definition) is 3. The first-order valence-electron chi connectivity index (χ1n) is 8.14. The van der Waals surface area contributed by atoms with E-state index in [4.69, 9.17) is 4.43 Å². The molecule has 6 heteroatoms. The molecule has 3 aliphatic heterocycles. The molecule has 0 unspecified atom stereocenters. The molecule has 2 saturated heterocycles. The zero-order chi connectivity index (χ0) is 16.3. The van der Waals surface area contributed by atoms with E-state index in [1.165, 1.54) is 0 Å². The first-order valence-corrected chi connectivity index (χ1v) is 11.0. The van der Waals surface area contributed by atoms with Gasteiger partial charge in [-0.05, 0) is 31.0 Å². The molecule has 3 aliphatic rings. The van der Waals surface area contributed by atoms with E-state index < -0.39 is 8.32 Å². The minimum atomic E-state index is -1.94. The van der Waals surface area contributed by atoms with Crippen LogP contribution in [-0.4, -0.2) is 48.6 Å². The van der Waals surface area contributed by atoms with Gasteiger partial charge in [0.2, 0.25) is 20.1 Å². The van der Waals surface area contributed by atoms with E-state index in [-0.39, 0.29) is 28.9 Å². The second-order valence-electron chi connectivity index (χ2n) is 8.11. The maximum absolute atomic E-state index is 12.6. The van der Waals surface area contributed by atoms with Crippen LogP contribution in [-0.2, 0) is 14.0 Å². The molecule has 22 heavy (non-hydrogen) atoms. The van der Waals surface area contributed by atoms with Gasteiger partial charge in [-0.15, -0.1) is 0 Å². The summed E-state index contributed by atoms with van der Waals surface area (Å²) in [5.74, 6) is 0.961. The number of hydrogen-bond donors (Lipinski definition) is 0. The van der Waals surface area contributed by atoms with Gasteiger partial charge in [-0.3, -0.25) is 9.59 Å². The van der Waals surface area contributed by atoms with Crippen molar-refractivity contribution in [2.24, 2.45) is 0 Å². The summed E-state index contributed by atoms with van der Waals surface area (Å²) in [6, 6.07) is -0.617. The lowest BCUT2D eigenvalue weighted by molar-refractivity contribution is -0.155. The molecule has 5 nitrogen and oxygen atoms in total. The van der Waals surface area contributed by atoms with Crippen LogP contribution in [0.4, 0.5) is 0 Å². The molecule has 2 amide bonds. The van der Waals surface area contributed by atoms with Crippen LogP contribution in [0.3, 0.4) is 0 Å². The predicted molar refractivity (Wildman–Crippen MR) is 86.4 cm³/mol. The number of fused-ring (bicyclic) bond motifs is 2. The fourth-order valence-corrected chi connectivity index (χ4v) is 4.31. The average Bonchev–Trinajstić information content (AvgIpc) is 3.00. The van der Waals surface area contributed by atoms with Crippen molar-refractivity contribution in [1.82, 2.24) is 9.80 Å². The molecule has 0 aromatic heterocycles. The minimum Gasteiger partial charge on any atom is -0.545 e. The first kappa shape index (κ1) is 15.6. The standard InChI is InChI=1S/C16H26N2O3Si/c1-16(2,3)22(4,5)21-11-9-13-15(20)17-8-6-7-12(17)14(19)18(13)10-11/h10,12-13H,6-9H2,1-5H3/t12-,13-/m0/s1. The van der Waals surface area contributed by atoms with Gasteiger partial charge in [-0.1, -0.05) is 20.8 Å². The largest absolute Gasteiger partial charge is 0.545 e. The zero-order valence-corrected chi connectivity index (χ0v) is 15.2. The van der Waals surface area contributed by atoms with Gasteiger partial charge < -0.3 is 14.2 Å². The fraction of sp³-hybridized carbons (Fsp3) is 0.750. The smallest absolute Gasteiger partial charge is 0.250 e. The summed E-state index contributed by atoms with van der Waals surface area (Å²) in [4.78, 5) is 28.6. The van der Waals surface area contributed by atoms with E-state index >= 15 is 0 Å².